The van der Waals surface area contributed by atoms with E-state index in [9.17, 15) is 13.8 Å². The first-order valence-corrected chi connectivity index (χ1v) is 9.72. The molecular formula is C18H23FNO5P. The summed E-state index contributed by atoms with van der Waals surface area (Å²) in [6.45, 7) is 8.38. The number of aromatic nitrogens is 1. The molecule has 8 heteroatoms. The first-order chi connectivity index (χ1) is 12.1. The fraction of sp³-hybridized carbons (Fsp3) is 0.389. The van der Waals surface area contributed by atoms with Gasteiger partial charge in [-0.2, -0.15) is 0 Å². The van der Waals surface area contributed by atoms with Gasteiger partial charge in [0.15, 0.2) is 0 Å². The highest BCUT2D eigenvalue weighted by Crippen LogP contribution is 2.51. The van der Waals surface area contributed by atoms with Gasteiger partial charge >= 0.3 is 7.82 Å². The molecule has 1 aromatic carbocycles. The Morgan fingerprint density at radius 3 is 2.04 bits per heavy atom. The Morgan fingerprint density at radius 1 is 1.00 bits per heavy atom. The van der Waals surface area contributed by atoms with Crippen LogP contribution in [0.25, 0.3) is 5.69 Å². The maximum absolute atomic E-state index is 13.1. The molecule has 0 fully saturated rings. The molecule has 142 valence electrons. The molecule has 0 atom stereocenters. The Morgan fingerprint density at radius 2 is 1.54 bits per heavy atom. The van der Waals surface area contributed by atoms with Gasteiger partial charge in [0.2, 0.25) is 0 Å². The second-order valence-electron chi connectivity index (χ2n) is 6.30. The Labute approximate surface area is 152 Å². The molecule has 0 aliphatic heterocycles. The fourth-order valence-corrected chi connectivity index (χ4v) is 3.84. The highest BCUT2D eigenvalue weighted by atomic mass is 31.2. The molecule has 0 aliphatic rings. The van der Waals surface area contributed by atoms with Crippen LogP contribution in [0.5, 0.6) is 5.75 Å². The number of nitrogens with zero attached hydrogens (tertiary/aromatic N) is 1. The first-order valence-electron chi connectivity index (χ1n) is 8.26. The van der Waals surface area contributed by atoms with Crippen LogP contribution in [0.4, 0.5) is 4.39 Å². The third-order valence-electron chi connectivity index (χ3n) is 3.28. The van der Waals surface area contributed by atoms with Gasteiger partial charge in [-0.1, -0.05) is 0 Å². The van der Waals surface area contributed by atoms with Crippen LogP contribution in [0.3, 0.4) is 0 Å². The topological polar surface area (TPSA) is 66.8 Å². The average molecular weight is 383 g/mol. The van der Waals surface area contributed by atoms with Gasteiger partial charge in [-0.25, -0.2) is 8.96 Å². The van der Waals surface area contributed by atoms with Gasteiger partial charge in [-0.05, 0) is 65.0 Å². The molecule has 0 saturated carbocycles. The summed E-state index contributed by atoms with van der Waals surface area (Å²) in [6.07, 6.45) is 0.687. The van der Waals surface area contributed by atoms with E-state index in [-0.39, 0.29) is 29.1 Å². The minimum atomic E-state index is -3.89. The van der Waals surface area contributed by atoms with E-state index in [2.05, 4.69) is 0 Å². The number of phosphoric acid groups is 1. The van der Waals surface area contributed by atoms with Crippen molar-refractivity contribution in [3.05, 3.63) is 58.3 Å². The van der Waals surface area contributed by atoms with E-state index in [4.69, 9.17) is 13.6 Å². The zero-order valence-electron chi connectivity index (χ0n) is 15.4. The molecule has 0 aliphatic carbocycles. The molecule has 0 amide bonds. The van der Waals surface area contributed by atoms with Gasteiger partial charge in [-0.15, -0.1) is 0 Å². The Balaban J connectivity index is 2.38. The standard InChI is InChI=1S/C18H23FNO5P/c1-12(2)23-26(22,24-13(3)4)25-17-10-11-20(18(21)14(17)5)16-8-6-15(19)7-9-16/h6-13H,1-5H3. The van der Waals surface area contributed by atoms with Crippen LogP contribution in [0.15, 0.2) is 41.3 Å². The zero-order valence-corrected chi connectivity index (χ0v) is 16.3. The van der Waals surface area contributed by atoms with Crippen LogP contribution in [-0.2, 0) is 13.6 Å². The lowest BCUT2D eigenvalue weighted by atomic mass is 10.2. The molecule has 1 heterocycles. The molecular weight excluding hydrogens is 360 g/mol. The van der Waals surface area contributed by atoms with Crippen LogP contribution in [0, 0.1) is 12.7 Å². The molecule has 2 rings (SSSR count). The largest absolute Gasteiger partial charge is 0.530 e. The van der Waals surface area contributed by atoms with Crippen molar-refractivity contribution in [2.75, 3.05) is 0 Å². The average Bonchev–Trinajstić information content (AvgIpc) is 2.51. The van der Waals surface area contributed by atoms with Gasteiger partial charge in [0, 0.05) is 11.9 Å². The highest BCUT2D eigenvalue weighted by molar-refractivity contribution is 7.49. The summed E-state index contributed by atoms with van der Waals surface area (Å²) in [5, 5.41) is 0. The SMILES string of the molecule is Cc1c(OP(=O)(OC(C)C)OC(C)C)ccn(-c2ccc(F)cc2)c1=O. The molecule has 26 heavy (non-hydrogen) atoms. The molecule has 0 radical (unpaired) electrons. The van der Waals surface area contributed by atoms with Crippen LogP contribution in [0.1, 0.15) is 33.3 Å². The van der Waals surface area contributed by atoms with E-state index < -0.39 is 13.6 Å². The van der Waals surface area contributed by atoms with Crippen molar-refractivity contribution in [2.24, 2.45) is 0 Å². The number of halogens is 1. The van der Waals surface area contributed by atoms with Gasteiger partial charge in [-0.3, -0.25) is 18.4 Å². The third-order valence-corrected chi connectivity index (χ3v) is 5.06. The molecule has 0 unspecified atom stereocenters. The lowest BCUT2D eigenvalue weighted by Gasteiger charge is -2.23. The quantitative estimate of drug-likeness (QED) is 0.653. The van der Waals surface area contributed by atoms with Crippen molar-refractivity contribution in [1.82, 2.24) is 4.57 Å². The normalized spacial score (nSPS) is 12.0. The van der Waals surface area contributed by atoms with Crippen LogP contribution >= 0.6 is 7.82 Å². The van der Waals surface area contributed by atoms with Crippen molar-refractivity contribution in [3.63, 3.8) is 0 Å². The highest BCUT2D eigenvalue weighted by Gasteiger charge is 2.32. The molecule has 0 N–H and O–H groups in total. The van der Waals surface area contributed by atoms with E-state index in [1.165, 1.54) is 41.1 Å². The van der Waals surface area contributed by atoms with E-state index in [0.717, 1.165) is 0 Å². The number of hydrogen-bond acceptors (Lipinski definition) is 5. The Kier molecular flexibility index (Phi) is 6.39. The summed E-state index contributed by atoms with van der Waals surface area (Å²) in [5.41, 5.74) is 0.359. The van der Waals surface area contributed by atoms with Crippen molar-refractivity contribution >= 4 is 7.82 Å². The third kappa shape index (κ3) is 5.04. The second-order valence-corrected chi connectivity index (χ2v) is 7.80. The molecule has 1 aromatic heterocycles. The maximum Gasteiger partial charge on any atom is 0.530 e. The number of pyridine rings is 1. The molecule has 0 saturated heterocycles. The summed E-state index contributed by atoms with van der Waals surface area (Å²) >= 11 is 0. The zero-order chi connectivity index (χ0) is 19.5. The van der Waals surface area contributed by atoms with Crippen LogP contribution in [0.2, 0.25) is 0 Å². The van der Waals surface area contributed by atoms with Gasteiger partial charge in [0.05, 0.1) is 17.8 Å². The summed E-state index contributed by atoms with van der Waals surface area (Å²) in [7, 11) is -3.89. The fourth-order valence-electron chi connectivity index (χ4n) is 2.23. The lowest BCUT2D eigenvalue weighted by Crippen LogP contribution is -2.21. The molecule has 0 bridgehead atoms. The minimum Gasteiger partial charge on any atom is -0.403 e. The minimum absolute atomic E-state index is 0.109. The van der Waals surface area contributed by atoms with E-state index in [1.54, 1.807) is 34.6 Å². The van der Waals surface area contributed by atoms with Crippen molar-refractivity contribution in [1.29, 1.82) is 0 Å². The summed E-state index contributed by atoms with van der Waals surface area (Å²) in [4.78, 5) is 12.6. The van der Waals surface area contributed by atoms with Crippen molar-refractivity contribution in [3.8, 4) is 11.4 Å². The first kappa shape index (κ1) is 20.4. The van der Waals surface area contributed by atoms with Crippen LogP contribution in [-0.4, -0.2) is 16.8 Å². The second kappa shape index (κ2) is 8.16. The number of benzene rings is 1. The summed E-state index contributed by atoms with van der Waals surface area (Å²) in [6, 6.07) is 7.02. The Hall–Kier alpha value is -1.95. The van der Waals surface area contributed by atoms with E-state index in [1.807, 2.05) is 0 Å². The monoisotopic (exact) mass is 383 g/mol. The number of rotatable bonds is 7. The van der Waals surface area contributed by atoms with Gasteiger partial charge < -0.3 is 4.52 Å². The molecule has 0 spiro atoms. The summed E-state index contributed by atoms with van der Waals surface area (Å²) in [5.74, 6) is -0.283. The van der Waals surface area contributed by atoms with Crippen LogP contribution < -0.4 is 10.1 Å². The number of hydrogen-bond donors (Lipinski definition) is 0. The van der Waals surface area contributed by atoms with E-state index >= 15 is 0 Å². The molecule has 6 nitrogen and oxygen atoms in total. The van der Waals surface area contributed by atoms with Gasteiger partial charge in [0.1, 0.15) is 11.6 Å². The predicted molar refractivity (Wildman–Crippen MR) is 97.4 cm³/mol. The predicted octanol–water partition coefficient (Wildman–Crippen LogP) is 4.62. The Bertz CT molecular complexity index is 847. The van der Waals surface area contributed by atoms with Crippen molar-refractivity contribution in [2.45, 2.75) is 46.8 Å². The van der Waals surface area contributed by atoms with Gasteiger partial charge in [0.25, 0.3) is 5.56 Å². The molecule has 2 aromatic rings. The lowest BCUT2D eigenvalue weighted by molar-refractivity contribution is 0.103. The van der Waals surface area contributed by atoms with E-state index in [0.29, 0.717) is 5.69 Å². The number of phosphoric ester groups is 1. The smallest absolute Gasteiger partial charge is 0.403 e. The maximum atomic E-state index is 13.1. The van der Waals surface area contributed by atoms with Crippen molar-refractivity contribution < 1.29 is 22.5 Å². The summed E-state index contributed by atoms with van der Waals surface area (Å²) < 4.78 is 43.4.